The molecule has 80 valence electrons. The van der Waals surface area contributed by atoms with Crippen LogP contribution in [0.5, 0.6) is 0 Å². The predicted molar refractivity (Wildman–Crippen MR) is 32.6 cm³/mol. The Labute approximate surface area is 70.7 Å². The number of halogens is 6. The molecule has 0 spiro atoms. The minimum atomic E-state index is -3.54. The molecule has 0 aromatic rings. The lowest BCUT2D eigenvalue weighted by Crippen LogP contribution is -2.41. The van der Waals surface area contributed by atoms with Crippen LogP contribution in [0.3, 0.4) is 0 Å². The summed E-state index contributed by atoms with van der Waals surface area (Å²) in [6.45, 7) is 0. The van der Waals surface area contributed by atoms with Crippen LogP contribution >= 0.6 is 0 Å². The molecule has 0 heterocycles. The molecule has 0 aliphatic carbocycles. The normalized spacial score (nSPS) is 19.2. The molecule has 2 atom stereocenters. The summed E-state index contributed by atoms with van der Waals surface area (Å²) >= 11 is 0. The van der Waals surface area contributed by atoms with Crippen molar-refractivity contribution in [2.75, 3.05) is 7.11 Å². The fourth-order valence-electron chi connectivity index (χ4n) is 0.722. The van der Waals surface area contributed by atoms with E-state index in [1.54, 1.807) is 0 Å². The van der Waals surface area contributed by atoms with Crippen LogP contribution < -0.4 is 0 Å². The highest BCUT2D eigenvalue weighted by atomic mass is 19.3. The van der Waals surface area contributed by atoms with Crippen LogP contribution in [0.4, 0.5) is 26.3 Å². The lowest BCUT2D eigenvalue weighted by molar-refractivity contribution is -0.113. The smallest absolute Gasteiger partial charge is 0.272 e. The van der Waals surface area contributed by atoms with Gasteiger partial charge in [0.1, 0.15) is 6.10 Å². The van der Waals surface area contributed by atoms with Gasteiger partial charge >= 0.3 is 0 Å². The molecule has 0 radical (unpaired) electrons. The number of ether oxygens (including phenoxy) is 1. The second-order valence-electron chi connectivity index (χ2n) is 2.26. The average molecular weight is 210 g/mol. The Bertz CT molecular complexity index is 127. The maximum Gasteiger partial charge on any atom is 0.272 e. The summed E-state index contributed by atoms with van der Waals surface area (Å²) in [5.74, 6) is 0. The predicted octanol–water partition coefficient (Wildman–Crippen LogP) is 2.21. The Hall–Kier alpha value is -0.460. The quantitative estimate of drug-likeness (QED) is 0.632. The van der Waals surface area contributed by atoms with Gasteiger partial charge in [0.2, 0.25) is 0 Å². The summed E-state index contributed by atoms with van der Waals surface area (Å²) in [4.78, 5) is 0. The van der Waals surface area contributed by atoms with Crippen LogP contribution in [0, 0.1) is 0 Å². The van der Waals surface area contributed by atoms with Crippen LogP contribution in [-0.2, 0) is 4.74 Å². The molecular weight excluding hydrogens is 202 g/mol. The monoisotopic (exact) mass is 210 g/mol. The molecule has 0 saturated carbocycles. The van der Waals surface area contributed by atoms with E-state index in [2.05, 4.69) is 4.74 Å². The Morgan fingerprint density at radius 2 is 1.08 bits per heavy atom. The van der Waals surface area contributed by atoms with E-state index in [9.17, 15) is 26.3 Å². The topological polar surface area (TPSA) is 9.23 Å². The Morgan fingerprint density at radius 1 is 0.769 bits per heavy atom. The van der Waals surface area contributed by atoms with Gasteiger partial charge in [0, 0.05) is 7.11 Å². The van der Waals surface area contributed by atoms with Gasteiger partial charge in [-0.1, -0.05) is 0 Å². The van der Waals surface area contributed by atoms with Gasteiger partial charge < -0.3 is 4.74 Å². The zero-order valence-electron chi connectivity index (χ0n) is 6.56. The van der Waals surface area contributed by atoms with E-state index in [-0.39, 0.29) is 0 Å². The van der Waals surface area contributed by atoms with E-state index in [0.29, 0.717) is 7.11 Å². The second-order valence-corrected chi connectivity index (χ2v) is 2.26. The summed E-state index contributed by atoms with van der Waals surface area (Å²) in [5.41, 5.74) is 0. The summed E-state index contributed by atoms with van der Waals surface area (Å²) in [7, 11) is 0.689. The summed E-state index contributed by atoms with van der Waals surface area (Å²) in [6, 6.07) is 0. The fraction of sp³-hybridized carbons (Fsp3) is 1.00. The average Bonchev–Trinajstić information content (AvgIpc) is 2.04. The largest absolute Gasteiger partial charge is 0.375 e. The highest BCUT2D eigenvalue weighted by Gasteiger charge is 2.40. The van der Waals surface area contributed by atoms with E-state index < -0.39 is 31.3 Å². The highest BCUT2D eigenvalue weighted by Crippen LogP contribution is 2.21. The van der Waals surface area contributed by atoms with E-state index in [1.807, 2.05) is 0 Å². The molecule has 0 aromatic heterocycles. The van der Waals surface area contributed by atoms with E-state index in [1.165, 1.54) is 0 Å². The van der Waals surface area contributed by atoms with Crippen molar-refractivity contribution in [1.82, 2.24) is 0 Å². The lowest BCUT2D eigenvalue weighted by Gasteiger charge is -2.21. The molecule has 0 aliphatic heterocycles. The van der Waals surface area contributed by atoms with Gasteiger partial charge in [-0.15, -0.1) is 0 Å². The van der Waals surface area contributed by atoms with Gasteiger partial charge in [0.25, 0.3) is 12.9 Å². The standard InChI is InChI=1S/C6H8F6O/c1-13-4(2(7)5(9)10)3(8)6(11)12/h2-6H,1H3. The molecule has 0 aromatic carbocycles. The molecule has 0 fully saturated rings. The molecule has 2 unspecified atom stereocenters. The molecule has 0 amide bonds. The van der Waals surface area contributed by atoms with Crippen molar-refractivity contribution < 1.29 is 31.1 Å². The Morgan fingerprint density at radius 3 is 1.23 bits per heavy atom. The van der Waals surface area contributed by atoms with Crippen molar-refractivity contribution in [2.24, 2.45) is 0 Å². The first kappa shape index (κ1) is 12.5. The molecule has 0 rings (SSSR count). The minimum Gasteiger partial charge on any atom is -0.375 e. The van der Waals surface area contributed by atoms with Crippen LogP contribution in [0.25, 0.3) is 0 Å². The third-order valence-corrected chi connectivity index (χ3v) is 1.38. The van der Waals surface area contributed by atoms with Crippen LogP contribution in [0.1, 0.15) is 0 Å². The maximum atomic E-state index is 12.4. The highest BCUT2D eigenvalue weighted by molar-refractivity contribution is 4.80. The first-order valence-corrected chi connectivity index (χ1v) is 3.29. The molecule has 1 nitrogen and oxygen atoms in total. The van der Waals surface area contributed by atoms with Gasteiger partial charge in [-0.25, -0.2) is 26.3 Å². The molecular formula is C6H8F6O. The summed E-state index contributed by atoms with van der Waals surface area (Å²) in [6.07, 6.45) is -15.6. The van der Waals surface area contributed by atoms with Crippen molar-refractivity contribution in [3.63, 3.8) is 0 Å². The number of methoxy groups -OCH3 is 1. The summed E-state index contributed by atoms with van der Waals surface area (Å²) in [5, 5.41) is 0. The van der Waals surface area contributed by atoms with Crippen molar-refractivity contribution in [2.45, 2.75) is 31.3 Å². The van der Waals surface area contributed by atoms with Crippen molar-refractivity contribution in [3.05, 3.63) is 0 Å². The van der Waals surface area contributed by atoms with E-state index in [4.69, 9.17) is 0 Å². The zero-order chi connectivity index (χ0) is 10.6. The number of hydrogen-bond donors (Lipinski definition) is 0. The minimum absolute atomic E-state index is 0.689. The number of rotatable bonds is 5. The zero-order valence-corrected chi connectivity index (χ0v) is 6.56. The summed E-state index contributed by atoms with van der Waals surface area (Å²) < 4.78 is 75.1. The molecule has 0 bridgehead atoms. The Balaban J connectivity index is 4.31. The van der Waals surface area contributed by atoms with Crippen LogP contribution in [-0.4, -0.2) is 38.4 Å². The first-order valence-electron chi connectivity index (χ1n) is 3.29. The van der Waals surface area contributed by atoms with Gasteiger partial charge in [0.05, 0.1) is 0 Å². The SMILES string of the molecule is COC(C(F)C(F)F)C(F)C(F)F. The van der Waals surface area contributed by atoms with Gasteiger partial charge in [-0.2, -0.15) is 0 Å². The Kier molecular flexibility index (Phi) is 5.12. The molecule has 0 saturated heterocycles. The maximum absolute atomic E-state index is 12.4. The fourth-order valence-corrected chi connectivity index (χ4v) is 0.722. The van der Waals surface area contributed by atoms with Crippen molar-refractivity contribution >= 4 is 0 Å². The van der Waals surface area contributed by atoms with Gasteiger partial charge in [-0.3, -0.25) is 0 Å². The van der Waals surface area contributed by atoms with Gasteiger partial charge in [0.15, 0.2) is 12.3 Å². The lowest BCUT2D eigenvalue weighted by atomic mass is 10.1. The molecule has 7 heteroatoms. The molecule has 0 aliphatic rings. The second kappa shape index (κ2) is 5.31. The van der Waals surface area contributed by atoms with E-state index in [0.717, 1.165) is 0 Å². The molecule has 13 heavy (non-hydrogen) atoms. The molecule has 0 N–H and O–H groups in total. The van der Waals surface area contributed by atoms with E-state index >= 15 is 0 Å². The van der Waals surface area contributed by atoms with Crippen molar-refractivity contribution in [3.8, 4) is 0 Å². The number of alkyl halides is 6. The van der Waals surface area contributed by atoms with Crippen LogP contribution in [0.2, 0.25) is 0 Å². The van der Waals surface area contributed by atoms with Crippen LogP contribution in [0.15, 0.2) is 0 Å². The number of hydrogen-bond acceptors (Lipinski definition) is 1. The van der Waals surface area contributed by atoms with Crippen molar-refractivity contribution in [1.29, 1.82) is 0 Å². The van der Waals surface area contributed by atoms with Gasteiger partial charge in [-0.05, 0) is 0 Å². The third-order valence-electron chi connectivity index (χ3n) is 1.38. The third kappa shape index (κ3) is 3.41. The first-order chi connectivity index (χ1) is 5.91.